The summed E-state index contributed by atoms with van der Waals surface area (Å²) >= 11 is 0. The lowest BCUT2D eigenvalue weighted by molar-refractivity contribution is -0.155. The molecule has 2 aliphatic rings. The van der Waals surface area contributed by atoms with Crippen molar-refractivity contribution in [1.29, 1.82) is 0 Å². The lowest BCUT2D eigenvalue weighted by Crippen LogP contribution is -2.56. The summed E-state index contributed by atoms with van der Waals surface area (Å²) in [5, 5.41) is 6.44. The Kier molecular flexibility index (Phi) is 5.08. The molecule has 0 aromatic heterocycles. The highest BCUT2D eigenvalue weighted by atomic mass is 16.6. The summed E-state index contributed by atoms with van der Waals surface area (Å²) in [6.07, 6.45) is 2.91. The predicted molar refractivity (Wildman–Crippen MR) is 79.5 cm³/mol. The number of carbonyl (C=O) groups is 2. The van der Waals surface area contributed by atoms with Gasteiger partial charge in [-0.3, -0.25) is 4.79 Å². The van der Waals surface area contributed by atoms with E-state index in [0.29, 0.717) is 31.8 Å². The van der Waals surface area contributed by atoms with Crippen molar-refractivity contribution in [2.75, 3.05) is 26.2 Å². The van der Waals surface area contributed by atoms with Gasteiger partial charge in [0, 0.05) is 19.5 Å². The molecule has 6 nitrogen and oxygen atoms in total. The zero-order chi connectivity index (χ0) is 15.5. The van der Waals surface area contributed by atoms with Gasteiger partial charge < -0.3 is 10.1 Å². The first-order chi connectivity index (χ1) is 9.87. The van der Waals surface area contributed by atoms with E-state index in [9.17, 15) is 9.59 Å². The molecule has 2 saturated heterocycles. The maximum Gasteiger partial charge on any atom is 0.429 e. The zero-order valence-electron chi connectivity index (χ0n) is 13.4. The van der Waals surface area contributed by atoms with Crippen molar-refractivity contribution >= 4 is 12.0 Å². The van der Waals surface area contributed by atoms with Gasteiger partial charge in [0.15, 0.2) is 0 Å². The van der Waals surface area contributed by atoms with Crippen molar-refractivity contribution in [2.24, 2.45) is 5.92 Å². The average Bonchev–Trinajstić information content (AvgIpc) is 2.40. The SMILES string of the molecule is CC(C)(C)OC(=O)N1CCCC(=O)N1CC1CCNCC1. The van der Waals surface area contributed by atoms with Crippen molar-refractivity contribution in [1.82, 2.24) is 15.3 Å². The maximum atomic E-state index is 12.3. The molecule has 120 valence electrons. The van der Waals surface area contributed by atoms with Gasteiger partial charge in [0.25, 0.3) is 0 Å². The number of piperidine rings is 1. The molecule has 2 rings (SSSR count). The fourth-order valence-electron chi connectivity index (χ4n) is 2.78. The molecule has 2 heterocycles. The van der Waals surface area contributed by atoms with E-state index in [1.807, 2.05) is 20.8 Å². The van der Waals surface area contributed by atoms with Gasteiger partial charge in [-0.05, 0) is 59.0 Å². The van der Waals surface area contributed by atoms with Gasteiger partial charge in [-0.1, -0.05) is 0 Å². The summed E-state index contributed by atoms with van der Waals surface area (Å²) in [5.74, 6) is 0.490. The van der Waals surface area contributed by atoms with Crippen molar-refractivity contribution in [2.45, 2.75) is 52.1 Å². The first-order valence-corrected chi connectivity index (χ1v) is 7.88. The summed E-state index contributed by atoms with van der Waals surface area (Å²) in [4.78, 5) is 24.5. The second-order valence-corrected chi connectivity index (χ2v) is 6.88. The third-order valence-corrected chi connectivity index (χ3v) is 3.83. The number of rotatable bonds is 2. The zero-order valence-corrected chi connectivity index (χ0v) is 13.4. The minimum Gasteiger partial charge on any atom is -0.442 e. The molecule has 0 unspecified atom stereocenters. The first-order valence-electron chi connectivity index (χ1n) is 7.88. The standard InChI is InChI=1S/C15H27N3O3/c1-15(2,3)21-14(20)17-10-4-5-13(19)18(17)11-12-6-8-16-9-7-12/h12,16H,4-11H2,1-3H3. The Morgan fingerprint density at radius 2 is 2.00 bits per heavy atom. The molecule has 0 aromatic rings. The number of hydrazine groups is 1. The van der Waals surface area contributed by atoms with E-state index < -0.39 is 11.7 Å². The first kappa shape index (κ1) is 16.1. The number of ether oxygens (including phenoxy) is 1. The third-order valence-electron chi connectivity index (χ3n) is 3.83. The van der Waals surface area contributed by atoms with Crippen molar-refractivity contribution < 1.29 is 14.3 Å². The molecular weight excluding hydrogens is 270 g/mol. The molecule has 2 amide bonds. The van der Waals surface area contributed by atoms with E-state index in [2.05, 4.69) is 5.32 Å². The molecule has 0 bridgehead atoms. The molecule has 0 aromatic carbocycles. The average molecular weight is 297 g/mol. The van der Waals surface area contributed by atoms with Crippen LogP contribution in [0.2, 0.25) is 0 Å². The normalized spacial score (nSPS) is 21.6. The fraction of sp³-hybridized carbons (Fsp3) is 0.867. The molecule has 1 N–H and O–H groups in total. The Balaban J connectivity index is 2.02. The molecule has 2 fully saturated rings. The summed E-state index contributed by atoms with van der Waals surface area (Å²) in [7, 11) is 0. The highest BCUT2D eigenvalue weighted by Crippen LogP contribution is 2.21. The number of nitrogens with zero attached hydrogens (tertiary/aromatic N) is 2. The second kappa shape index (κ2) is 6.64. The summed E-state index contributed by atoms with van der Waals surface area (Å²) < 4.78 is 5.43. The quantitative estimate of drug-likeness (QED) is 0.843. The lowest BCUT2D eigenvalue weighted by atomic mass is 9.97. The Labute approximate surface area is 126 Å². The van der Waals surface area contributed by atoms with E-state index in [4.69, 9.17) is 4.74 Å². The molecule has 0 aliphatic carbocycles. The largest absolute Gasteiger partial charge is 0.442 e. The van der Waals surface area contributed by atoms with Crippen LogP contribution in [-0.2, 0) is 9.53 Å². The summed E-state index contributed by atoms with van der Waals surface area (Å²) in [6, 6.07) is 0. The van der Waals surface area contributed by atoms with Gasteiger partial charge in [0.2, 0.25) is 5.91 Å². The van der Waals surface area contributed by atoms with Gasteiger partial charge in [-0.15, -0.1) is 0 Å². The van der Waals surface area contributed by atoms with Gasteiger partial charge in [-0.2, -0.15) is 0 Å². The molecule has 0 saturated carbocycles. The molecule has 2 aliphatic heterocycles. The van der Waals surface area contributed by atoms with Crippen LogP contribution in [0.5, 0.6) is 0 Å². The van der Waals surface area contributed by atoms with Crippen LogP contribution >= 0.6 is 0 Å². The minimum atomic E-state index is -0.544. The van der Waals surface area contributed by atoms with E-state index >= 15 is 0 Å². The second-order valence-electron chi connectivity index (χ2n) is 6.88. The predicted octanol–water partition coefficient (Wildman–Crippen LogP) is 1.76. The highest BCUT2D eigenvalue weighted by Gasteiger charge is 2.34. The lowest BCUT2D eigenvalue weighted by Gasteiger charge is -2.41. The topological polar surface area (TPSA) is 61.9 Å². The van der Waals surface area contributed by atoms with E-state index in [0.717, 1.165) is 25.9 Å². The summed E-state index contributed by atoms with van der Waals surface area (Å²) in [5.41, 5.74) is -0.544. The van der Waals surface area contributed by atoms with Crippen molar-refractivity contribution in [3.05, 3.63) is 0 Å². The van der Waals surface area contributed by atoms with Crippen molar-refractivity contribution in [3.8, 4) is 0 Å². The fourth-order valence-corrected chi connectivity index (χ4v) is 2.78. The van der Waals surface area contributed by atoms with E-state index in [1.54, 1.807) is 5.01 Å². The molecule has 21 heavy (non-hydrogen) atoms. The number of nitrogens with one attached hydrogen (secondary N) is 1. The Morgan fingerprint density at radius 1 is 1.33 bits per heavy atom. The maximum absolute atomic E-state index is 12.3. The molecule has 0 atom stereocenters. The number of carbonyl (C=O) groups excluding carboxylic acids is 2. The van der Waals surface area contributed by atoms with Crippen LogP contribution in [0.15, 0.2) is 0 Å². The smallest absolute Gasteiger partial charge is 0.429 e. The Bertz CT molecular complexity index is 386. The van der Waals surface area contributed by atoms with Gasteiger partial charge in [0.1, 0.15) is 5.60 Å². The monoisotopic (exact) mass is 297 g/mol. The number of amides is 2. The number of hydrogen-bond acceptors (Lipinski definition) is 4. The van der Waals surface area contributed by atoms with Crippen LogP contribution in [-0.4, -0.2) is 53.8 Å². The van der Waals surface area contributed by atoms with Crippen LogP contribution < -0.4 is 5.32 Å². The van der Waals surface area contributed by atoms with Gasteiger partial charge in [0.05, 0.1) is 0 Å². The van der Waals surface area contributed by atoms with E-state index in [1.165, 1.54) is 5.01 Å². The molecule has 6 heteroatoms. The van der Waals surface area contributed by atoms with Gasteiger partial charge >= 0.3 is 6.09 Å². The van der Waals surface area contributed by atoms with Crippen molar-refractivity contribution in [3.63, 3.8) is 0 Å². The molecule has 0 radical (unpaired) electrons. The van der Waals surface area contributed by atoms with E-state index in [-0.39, 0.29) is 5.91 Å². The number of hydrogen-bond donors (Lipinski definition) is 1. The minimum absolute atomic E-state index is 0.0330. The van der Waals surface area contributed by atoms with Crippen LogP contribution in [0.25, 0.3) is 0 Å². The molecule has 0 spiro atoms. The van der Waals surface area contributed by atoms with Gasteiger partial charge in [-0.25, -0.2) is 14.8 Å². The van der Waals surface area contributed by atoms with Crippen LogP contribution in [0.4, 0.5) is 4.79 Å². The van der Waals surface area contributed by atoms with Crippen LogP contribution in [0, 0.1) is 5.92 Å². The van der Waals surface area contributed by atoms with Crippen LogP contribution in [0.1, 0.15) is 46.5 Å². The third kappa shape index (κ3) is 4.59. The highest BCUT2D eigenvalue weighted by molar-refractivity contribution is 5.80. The molecular formula is C15H27N3O3. The Morgan fingerprint density at radius 3 is 2.62 bits per heavy atom. The summed E-state index contributed by atoms with van der Waals surface area (Å²) in [6.45, 7) is 8.68. The Hall–Kier alpha value is -1.30. The van der Waals surface area contributed by atoms with Crippen LogP contribution in [0.3, 0.4) is 0 Å².